The zero-order valence-electron chi connectivity index (χ0n) is 76.5. The molecule has 2 fully saturated rings. The summed E-state index contributed by atoms with van der Waals surface area (Å²) < 4.78 is 44.9. The van der Waals surface area contributed by atoms with Crippen molar-refractivity contribution in [3.8, 4) is 23.0 Å². The third-order valence-electron chi connectivity index (χ3n) is 26.9. The van der Waals surface area contributed by atoms with Crippen LogP contribution in [0, 0.1) is 0 Å². The first-order valence-electron chi connectivity index (χ1n) is 45.6. The number of hydrogen-bond acceptors (Lipinski definition) is 9. The maximum Gasteiger partial charge on any atom is 1.07 e. The molecule has 0 bridgehead atoms. The van der Waals surface area contributed by atoms with E-state index >= 15 is 0 Å². The van der Waals surface area contributed by atoms with Crippen molar-refractivity contribution in [2.45, 2.75) is 288 Å². The molecule has 119 heavy (non-hydrogen) atoms. The average molecular weight is 1640 g/mol. The predicted molar refractivity (Wildman–Crippen MR) is 499 cm³/mol. The minimum atomic E-state index is -3.83. The molecule has 4 atom stereocenters. The Bertz CT molecular complexity index is 4170. The van der Waals surface area contributed by atoms with Crippen LogP contribution in [0.25, 0.3) is 0 Å². The molecule has 0 radical (unpaired) electrons. The first-order chi connectivity index (χ1) is 56.8. The Morgan fingerprint density at radius 1 is 0.277 bits per heavy atom. The van der Waals surface area contributed by atoms with Gasteiger partial charge in [0.1, 0.15) is 52.4 Å². The Morgan fingerprint density at radius 3 is 0.639 bits per heavy atom. The van der Waals surface area contributed by atoms with Crippen molar-refractivity contribution in [3.63, 3.8) is 0 Å². The van der Waals surface area contributed by atoms with Crippen molar-refractivity contribution in [2.24, 2.45) is 20.0 Å². The van der Waals surface area contributed by atoms with Crippen molar-refractivity contribution in [1.82, 2.24) is 0 Å². The van der Waals surface area contributed by atoms with Gasteiger partial charge in [0.15, 0.2) is 0 Å². The van der Waals surface area contributed by atoms with Crippen molar-refractivity contribution in [3.05, 3.63) is 259 Å². The number of benzene rings is 8. The fraction of sp³-hybridized carbons (Fsp3) is 0.500. The van der Waals surface area contributed by atoms with Gasteiger partial charge in [-0.15, -0.1) is 0 Å². The largest absolute Gasteiger partial charge is 1.07 e. The molecule has 8 aromatic carbocycles. The van der Waals surface area contributed by atoms with E-state index in [-0.39, 0.29) is 24.2 Å². The van der Waals surface area contributed by atoms with Crippen LogP contribution in [0.1, 0.15) is 279 Å². The normalized spacial score (nSPS) is 17.8. The molecule has 0 unspecified atom stereocenters. The molecular formula is C104H144Al2N8O5+4. The molecule has 8 aromatic rings. The Hall–Kier alpha value is -7.50. The van der Waals surface area contributed by atoms with E-state index in [1.807, 2.05) is 0 Å². The number of hydrogen-bond donors (Lipinski definition) is 0. The van der Waals surface area contributed by atoms with Crippen LogP contribution in [0.15, 0.2) is 190 Å². The smallest absolute Gasteiger partial charge is 0.589 e. The van der Waals surface area contributed by atoms with Gasteiger partial charge in [-0.3, -0.25) is 20.0 Å². The van der Waals surface area contributed by atoms with Gasteiger partial charge in [-0.1, -0.05) is 230 Å². The Balaban J connectivity index is 1.14. The minimum absolute atomic E-state index is 0.0592. The van der Waals surface area contributed by atoms with Crippen LogP contribution in [0.2, 0.25) is 0 Å². The van der Waals surface area contributed by atoms with Crippen LogP contribution in [-0.4, -0.2) is 150 Å². The lowest BCUT2D eigenvalue weighted by atomic mass is 9.83. The zero-order valence-corrected chi connectivity index (χ0v) is 78.8. The van der Waals surface area contributed by atoms with Gasteiger partial charge in [-0.25, -0.2) is 0 Å². The summed E-state index contributed by atoms with van der Waals surface area (Å²) in [6.45, 7) is 61.3. The van der Waals surface area contributed by atoms with Crippen LogP contribution < -0.4 is 15.2 Å². The Morgan fingerprint density at radius 2 is 0.462 bits per heavy atom. The second-order valence-corrected chi connectivity index (χ2v) is 42.7. The Kier molecular flexibility index (Phi) is 30.0. The van der Waals surface area contributed by atoms with Gasteiger partial charge in [-0.2, -0.15) is 0 Å². The van der Waals surface area contributed by atoms with Gasteiger partial charge >= 0.3 is 30.3 Å². The lowest BCUT2D eigenvalue weighted by molar-refractivity contribution is -0.950. The summed E-state index contributed by atoms with van der Waals surface area (Å²) in [6.07, 6.45) is 16.6. The van der Waals surface area contributed by atoms with E-state index in [2.05, 4.69) is 333 Å². The summed E-state index contributed by atoms with van der Waals surface area (Å²) in [4.78, 5) is 23.1. The number of fused-ring (bicyclic) bond motifs is 6. The van der Waals surface area contributed by atoms with E-state index in [0.717, 1.165) is 219 Å². The SMILES string of the molecule is CC[N+](CC)(Cc1ccccc1)Cc1cc2c(c(C(C)(C)C)c1)[O][Al]([O][Al]1[O]c3c(cc(C[N+](CC)(CC)Cc4ccccc4)cc3C(C)(C)C)C=N[C@@H]3CCCC[C@H]3N=Cc3cc(C[N+](CC)(CC)Cc4ccccc4)cc(C(C)(C)C)c3[O]1)[O]c1c(cc(C[N+](CC)(CC)Cc3ccccc3)cc1C(C)(C)C)C=N[C@@H]1CCCC[C@H]1N=C2. The van der Waals surface area contributed by atoms with E-state index in [9.17, 15) is 0 Å². The molecule has 0 spiro atoms. The van der Waals surface area contributed by atoms with Crippen LogP contribution in [0.5, 0.6) is 23.0 Å². The highest BCUT2D eigenvalue weighted by molar-refractivity contribution is 6.54. The highest BCUT2D eigenvalue weighted by Gasteiger charge is 2.56. The number of nitrogens with zero attached hydrogens (tertiary/aromatic N) is 8. The lowest BCUT2D eigenvalue weighted by Crippen LogP contribution is -2.47. The number of rotatable bonds is 26. The first-order valence-corrected chi connectivity index (χ1v) is 48.4. The van der Waals surface area contributed by atoms with E-state index in [1.165, 1.54) is 44.5 Å². The minimum Gasteiger partial charge on any atom is -0.589 e. The van der Waals surface area contributed by atoms with Crippen LogP contribution in [-0.2, 0) is 76.9 Å². The van der Waals surface area contributed by atoms with Crippen LogP contribution >= 0.6 is 0 Å². The summed E-state index contributed by atoms with van der Waals surface area (Å²) in [5.74, 6) is 2.84. The highest BCUT2D eigenvalue weighted by atomic mass is 27.3. The monoisotopic (exact) mass is 1640 g/mol. The second-order valence-electron chi connectivity index (χ2n) is 39.5. The third-order valence-corrected chi connectivity index (χ3v) is 30.4. The Labute approximate surface area is 728 Å². The summed E-state index contributed by atoms with van der Waals surface area (Å²) in [6, 6.07) is 63.2. The molecule has 2 aliphatic carbocycles. The molecule has 0 saturated heterocycles. The summed E-state index contributed by atoms with van der Waals surface area (Å²) in [5.41, 5.74) is 16.4. The summed E-state index contributed by atoms with van der Waals surface area (Å²) >= 11 is -7.65. The number of quaternary nitrogens is 4. The molecule has 4 aliphatic rings. The zero-order chi connectivity index (χ0) is 85.0. The molecule has 2 heterocycles. The van der Waals surface area contributed by atoms with Crippen molar-refractivity contribution in [2.75, 3.05) is 52.4 Å². The van der Waals surface area contributed by atoms with Gasteiger partial charge in [0.2, 0.25) is 0 Å². The van der Waals surface area contributed by atoms with Crippen LogP contribution in [0.3, 0.4) is 0 Å². The molecular weight excluding hydrogens is 1500 g/mol. The standard InChI is InChI=1S/2C52H72N4O2.2Al.O/c2*1-11-55(12-2,35-39-23-17-15-18-24-39)37-41-29-43(49(57)45(31-41)51(5,6)7)33-53-47-27-21-22-28-48(47)54-34-44-30-42(32-46(50(44)58)52(8,9)10)38-56(13-3,14-4)36-40-25-19-16-20-26-40;;;/h2*15-20,23-26,29-34,47-48H,11-14,21-22,27-28,35-38H2,1-10H3;;;/q;;2*+2;/t2*47-,48-;;;/m11.../s1. The van der Waals surface area contributed by atoms with Gasteiger partial charge in [0, 0.05) is 91.6 Å². The van der Waals surface area contributed by atoms with Gasteiger partial charge in [-0.05, 0) is 174 Å². The highest BCUT2D eigenvalue weighted by Crippen LogP contribution is 2.45. The first kappa shape index (κ1) is 90.7. The third kappa shape index (κ3) is 22.9. The van der Waals surface area contributed by atoms with Crippen LogP contribution in [0.4, 0.5) is 0 Å². The topological polar surface area (TPSA) is 95.6 Å². The van der Waals surface area contributed by atoms with E-state index in [4.69, 9.17) is 38.0 Å². The average Bonchev–Trinajstić information content (AvgIpc) is 1.58. The second kappa shape index (κ2) is 39.4. The molecule has 0 N–H and O–H groups in total. The molecule has 2 aliphatic heterocycles. The molecule has 15 heteroatoms. The van der Waals surface area contributed by atoms with E-state index < -0.39 is 52.0 Å². The van der Waals surface area contributed by atoms with Gasteiger partial charge in [0.05, 0.1) is 99.5 Å². The van der Waals surface area contributed by atoms with Crippen molar-refractivity contribution >= 4 is 55.2 Å². The summed E-state index contributed by atoms with van der Waals surface area (Å²) in [7, 11) is 0. The molecule has 632 valence electrons. The fourth-order valence-corrected chi connectivity index (χ4v) is 22.4. The van der Waals surface area contributed by atoms with Crippen molar-refractivity contribution < 1.29 is 35.9 Å². The number of aliphatic imine (C=N–C) groups is 4. The lowest BCUT2D eigenvalue weighted by Gasteiger charge is -2.38. The maximum absolute atomic E-state index is 8.34. The maximum atomic E-state index is 8.34. The quantitative estimate of drug-likeness (QED) is 0.0398. The molecule has 0 amide bonds. The van der Waals surface area contributed by atoms with E-state index in [0.29, 0.717) is 23.0 Å². The predicted octanol–water partition coefficient (Wildman–Crippen LogP) is 23.0. The summed E-state index contributed by atoms with van der Waals surface area (Å²) in [5, 5.41) is 0. The van der Waals surface area contributed by atoms with E-state index in [1.54, 1.807) is 0 Å². The molecule has 13 nitrogen and oxygen atoms in total. The molecule has 0 aromatic heterocycles. The molecule has 12 rings (SSSR count). The van der Waals surface area contributed by atoms with Gasteiger partial charge in [0.25, 0.3) is 0 Å². The molecule has 2 saturated carbocycles. The van der Waals surface area contributed by atoms with Gasteiger partial charge < -0.3 is 35.9 Å². The van der Waals surface area contributed by atoms with Crippen molar-refractivity contribution in [1.29, 1.82) is 0 Å². The fourth-order valence-electron chi connectivity index (χ4n) is 18.9.